The molecule has 122 valence electrons. The van der Waals surface area contributed by atoms with Gasteiger partial charge in [0.05, 0.1) is 10.0 Å². The fraction of sp³-hybridized carbons (Fsp3) is 0.167. The lowest BCUT2D eigenvalue weighted by Crippen LogP contribution is -2.34. The van der Waals surface area contributed by atoms with Crippen LogP contribution in [0.4, 0.5) is 0 Å². The van der Waals surface area contributed by atoms with Crippen LogP contribution in [0.5, 0.6) is 0 Å². The number of nitrogens with zero attached hydrogens (tertiary/aromatic N) is 1. The molecule has 3 rings (SSSR count). The van der Waals surface area contributed by atoms with E-state index < -0.39 is 0 Å². The molecule has 6 heteroatoms. The molecule has 2 aromatic carbocycles. The van der Waals surface area contributed by atoms with Gasteiger partial charge in [-0.3, -0.25) is 4.79 Å². The highest BCUT2D eigenvalue weighted by Gasteiger charge is 2.44. The Labute approximate surface area is 169 Å². The number of rotatable bonds is 3. The molecule has 1 amide bonds. The van der Waals surface area contributed by atoms with Crippen molar-refractivity contribution in [3.63, 3.8) is 0 Å². The first kappa shape index (κ1) is 17.9. The number of carbonyl (C=O) groups excluding carboxylic acids is 1. The zero-order valence-electron chi connectivity index (χ0n) is 12.3. The van der Waals surface area contributed by atoms with E-state index >= 15 is 0 Å². The Hall–Kier alpha value is -0.870. The van der Waals surface area contributed by atoms with Gasteiger partial charge in [0.1, 0.15) is 14.7 Å². The Balaban J connectivity index is 2.01. The summed E-state index contributed by atoms with van der Waals surface area (Å²) in [4.78, 5) is 14.7. The minimum Gasteiger partial charge on any atom is -0.302 e. The van der Waals surface area contributed by atoms with Crippen LogP contribution in [-0.2, 0) is 4.79 Å². The van der Waals surface area contributed by atoms with Crippen molar-refractivity contribution in [3.05, 3.63) is 69.7 Å². The van der Waals surface area contributed by atoms with Crippen LogP contribution in [0.1, 0.15) is 21.8 Å². The number of benzene rings is 2. The Bertz CT molecular complexity index is 808. The standard InChI is InChI=1S/C18H12Cl2INOS/c1-2-15(21)22-17(23)16(11-6-4-3-5-7-11)24-18(22)12-8-9-13(19)14(20)10-12/h1,3-10,15-16,18H. The number of alkyl halides is 1. The molecule has 1 saturated heterocycles. The molecule has 1 aliphatic heterocycles. The van der Waals surface area contributed by atoms with E-state index in [4.69, 9.17) is 29.6 Å². The summed E-state index contributed by atoms with van der Waals surface area (Å²) >= 11 is 15.8. The van der Waals surface area contributed by atoms with Crippen LogP contribution >= 0.6 is 57.6 Å². The van der Waals surface area contributed by atoms with E-state index in [9.17, 15) is 4.79 Å². The van der Waals surface area contributed by atoms with Gasteiger partial charge in [0.25, 0.3) is 0 Å². The monoisotopic (exact) mass is 487 g/mol. The van der Waals surface area contributed by atoms with Gasteiger partial charge >= 0.3 is 0 Å². The SMILES string of the molecule is C#CC(I)N1C(=O)C(c2ccccc2)SC1c1ccc(Cl)c(Cl)c1. The molecule has 3 unspecified atom stereocenters. The predicted octanol–water partition coefficient (Wildman–Crippen LogP) is 5.70. The molecule has 3 atom stereocenters. The Morgan fingerprint density at radius 3 is 2.46 bits per heavy atom. The van der Waals surface area contributed by atoms with Crippen molar-refractivity contribution in [2.75, 3.05) is 0 Å². The second-order valence-electron chi connectivity index (χ2n) is 5.20. The second-order valence-corrected chi connectivity index (χ2v) is 8.39. The molecule has 1 heterocycles. The summed E-state index contributed by atoms with van der Waals surface area (Å²) in [5, 5.41) is 0.478. The van der Waals surface area contributed by atoms with Crippen molar-refractivity contribution in [1.29, 1.82) is 0 Å². The van der Waals surface area contributed by atoms with Crippen molar-refractivity contribution in [3.8, 4) is 12.3 Å². The average molecular weight is 488 g/mol. The third-order valence-corrected chi connectivity index (χ3v) is 6.91. The largest absolute Gasteiger partial charge is 0.302 e. The molecule has 2 aromatic rings. The van der Waals surface area contributed by atoms with Crippen molar-refractivity contribution in [1.82, 2.24) is 4.90 Å². The summed E-state index contributed by atoms with van der Waals surface area (Å²) in [6.45, 7) is 0. The van der Waals surface area contributed by atoms with Crippen LogP contribution in [0.3, 0.4) is 0 Å². The number of thioether (sulfide) groups is 1. The number of terminal acetylenes is 1. The van der Waals surface area contributed by atoms with Gasteiger partial charge in [0.15, 0.2) is 0 Å². The van der Waals surface area contributed by atoms with E-state index in [-0.39, 0.29) is 20.6 Å². The maximum absolute atomic E-state index is 13.0. The summed E-state index contributed by atoms with van der Waals surface area (Å²) in [5.41, 5.74) is 1.89. The molecule has 0 bridgehead atoms. The number of halogens is 3. The molecule has 0 aliphatic carbocycles. The Morgan fingerprint density at radius 1 is 1.12 bits per heavy atom. The third-order valence-electron chi connectivity index (χ3n) is 3.71. The highest BCUT2D eigenvalue weighted by atomic mass is 127. The van der Waals surface area contributed by atoms with Gasteiger partial charge in [0, 0.05) is 0 Å². The molecule has 0 saturated carbocycles. The quantitative estimate of drug-likeness (QED) is 0.239. The topological polar surface area (TPSA) is 20.3 Å². The van der Waals surface area contributed by atoms with E-state index in [1.165, 1.54) is 0 Å². The third kappa shape index (κ3) is 3.41. The summed E-state index contributed by atoms with van der Waals surface area (Å²) < 4.78 is -0.337. The van der Waals surface area contributed by atoms with Crippen molar-refractivity contribution in [2.24, 2.45) is 0 Å². The molecule has 1 fully saturated rings. The summed E-state index contributed by atoms with van der Waals surface area (Å²) in [7, 11) is 0. The average Bonchev–Trinajstić information content (AvgIpc) is 2.95. The first-order valence-electron chi connectivity index (χ1n) is 7.10. The van der Waals surface area contributed by atoms with Crippen LogP contribution < -0.4 is 0 Å². The zero-order chi connectivity index (χ0) is 17.3. The van der Waals surface area contributed by atoms with E-state index in [2.05, 4.69) is 28.5 Å². The lowest BCUT2D eigenvalue weighted by Gasteiger charge is -2.26. The van der Waals surface area contributed by atoms with Crippen LogP contribution in [0, 0.1) is 12.3 Å². The smallest absolute Gasteiger partial charge is 0.243 e. The molecule has 2 nitrogen and oxygen atoms in total. The molecule has 0 radical (unpaired) electrons. The molecular formula is C18H12Cl2INOS. The maximum Gasteiger partial charge on any atom is 0.243 e. The summed E-state index contributed by atoms with van der Waals surface area (Å²) in [5.74, 6) is 2.67. The maximum atomic E-state index is 13.0. The number of carbonyl (C=O) groups is 1. The van der Waals surface area contributed by atoms with E-state index in [0.717, 1.165) is 11.1 Å². The minimum absolute atomic E-state index is 0.0135. The van der Waals surface area contributed by atoms with Crippen LogP contribution in [0.15, 0.2) is 48.5 Å². The molecule has 0 spiro atoms. The van der Waals surface area contributed by atoms with Gasteiger partial charge in [-0.05, 0) is 45.9 Å². The van der Waals surface area contributed by atoms with Gasteiger partial charge in [-0.2, -0.15) is 0 Å². The second kappa shape index (κ2) is 7.57. The molecule has 24 heavy (non-hydrogen) atoms. The lowest BCUT2D eigenvalue weighted by molar-refractivity contribution is -0.129. The normalized spacial score (nSPS) is 21.6. The number of amides is 1. The van der Waals surface area contributed by atoms with Gasteiger partial charge in [0.2, 0.25) is 5.91 Å². The molecular weight excluding hydrogens is 476 g/mol. The number of hydrogen-bond acceptors (Lipinski definition) is 2. The summed E-state index contributed by atoms with van der Waals surface area (Å²) in [6.07, 6.45) is 5.58. The Morgan fingerprint density at radius 2 is 1.83 bits per heavy atom. The van der Waals surface area contributed by atoms with E-state index in [1.807, 2.05) is 36.4 Å². The van der Waals surface area contributed by atoms with Crippen molar-refractivity contribution in [2.45, 2.75) is 14.7 Å². The zero-order valence-corrected chi connectivity index (χ0v) is 16.8. The number of hydrogen-bond donors (Lipinski definition) is 0. The fourth-order valence-electron chi connectivity index (χ4n) is 2.57. The van der Waals surface area contributed by atoms with Gasteiger partial charge < -0.3 is 4.90 Å². The Kier molecular flexibility index (Phi) is 5.66. The minimum atomic E-state index is -0.337. The first-order valence-corrected chi connectivity index (χ1v) is 10.0. The molecule has 1 aliphatic rings. The predicted molar refractivity (Wildman–Crippen MR) is 109 cm³/mol. The summed E-state index contributed by atoms with van der Waals surface area (Å²) in [6, 6.07) is 15.2. The molecule has 0 N–H and O–H groups in total. The fourth-order valence-corrected chi connectivity index (χ4v) is 5.16. The van der Waals surface area contributed by atoms with Crippen LogP contribution in [0.25, 0.3) is 0 Å². The van der Waals surface area contributed by atoms with Crippen LogP contribution in [-0.4, -0.2) is 14.9 Å². The van der Waals surface area contributed by atoms with E-state index in [0.29, 0.717) is 10.0 Å². The van der Waals surface area contributed by atoms with Gasteiger partial charge in [-0.1, -0.05) is 65.5 Å². The highest BCUT2D eigenvalue weighted by molar-refractivity contribution is 14.1. The van der Waals surface area contributed by atoms with E-state index in [1.54, 1.807) is 28.8 Å². The highest BCUT2D eigenvalue weighted by Crippen LogP contribution is 2.52. The first-order chi connectivity index (χ1) is 11.5. The van der Waals surface area contributed by atoms with Crippen LogP contribution in [0.2, 0.25) is 10.0 Å². The van der Waals surface area contributed by atoms with Gasteiger partial charge in [-0.15, -0.1) is 18.2 Å². The molecule has 0 aromatic heterocycles. The van der Waals surface area contributed by atoms with Gasteiger partial charge in [-0.25, -0.2) is 0 Å². The lowest BCUT2D eigenvalue weighted by atomic mass is 10.1. The van der Waals surface area contributed by atoms with Crippen molar-refractivity contribution < 1.29 is 4.79 Å². The van der Waals surface area contributed by atoms with Crippen molar-refractivity contribution >= 4 is 63.5 Å².